The van der Waals surface area contributed by atoms with Crippen molar-refractivity contribution < 1.29 is 13.2 Å². The monoisotopic (exact) mass is 378 g/mol. The number of rotatable bonds is 5. The summed E-state index contributed by atoms with van der Waals surface area (Å²) in [6.45, 7) is 0.398. The molecule has 3 rings (SSSR count). The van der Waals surface area contributed by atoms with E-state index in [1.165, 1.54) is 17.4 Å². The first-order valence-electron chi connectivity index (χ1n) is 7.82. The number of halogens is 3. The number of aromatic nitrogens is 2. The number of pyridine rings is 1. The minimum absolute atomic E-state index is 0.373. The van der Waals surface area contributed by atoms with Gasteiger partial charge in [-0.25, -0.2) is 4.98 Å². The van der Waals surface area contributed by atoms with E-state index in [1.54, 1.807) is 6.20 Å². The van der Waals surface area contributed by atoms with Crippen LogP contribution in [-0.4, -0.2) is 24.1 Å². The summed E-state index contributed by atoms with van der Waals surface area (Å²) in [6.07, 6.45) is -1.57. The molecular formula is C18H17F3N4S. The van der Waals surface area contributed by atoms with Crippen LogP contribution in [-0.2, 0) is 12.7 Å². The van der Waals surface area contributed by atoms with Crippen LogP contribution in [0.4, 0.5) is 24.5 Å². The van der Waals surface area contributed by atoms with Crippen molar-refractivity contribution in [3.05, 3.63) is 59.4 Å². The minimum Gasteiger partial charge on any atom is -0.380 e. The number of nitrogens with zero attached hydrogens (tertiary/aromatic N) is 3. The Morgan fingerprint density at radius 3 is 2.46 bits per heavy atom. The third kappa shape index (κ3) is 4.32. The molecule has 3 aromatic rings. The van der Waals surface area contributed by atoms with E-state index in [0.717, 1.165) is 33.4 Å². The maximum Gasteiger partial charge on any atom is 0.433 e. The van der Waals surface area contributed by atoms with Crippen molar-refractivity contribution in [3.63, 3.8) is 0 Å². The maximum absolute atomic E-state index is 12.7. The predicted molar refractivity (Wildman–Crippen MR) is 98.4 cm³/mol. The van der Waals surface area contributed by atoms with E-state index < -0.39 is 11.9 Å². The molecular weight excluding hydrogens is 361 g/mol. The maximum atomic E-state index is 12.7. The molecule has 0 spiro atoms. The van der Waals surface area contributed by atoms with Crippen LogP contribution < -0.4 is 10.2 Å². The Balaban J connectivity index is 1.67. The van der Waals surface area contributed by atoms with Gasteiger partial charge in [-0.3, -0.25) is 4.98 Å². The molecule has 1 N–H and O–H groups in total. The van der Waals surface area contributed by atoms with Crippen molar-refractivity contribution >= 4 is 22.7 Å². The van der Waals surface area contributed by atoms with Crippen molar-refractivity contribution in [3.8, 4) is 10.6 Å². The minimum atomic E-state index is -4.45. The Hall–Kier alpha value is -2.61. The Morgan fingerprint density at radius 2 is 1.81 bits per heavy atom. The largest absolute Gasteiger partial charge is 0.433 e. The van der Waals surface area contributed by atoms with E-state index in [1.807, 2.05) is 43.3 Å². The summed E-state index contributed by atoms with van der Waals surface area (Å²) in [5.74, 6) is 0. The first-order valence-corrected chi connectivity index (χ1v) is 8.64. The molecule has 0 unspecified atom stereocenters. The van der Waals surface area contributed by atoms with Gasteiger partial charge in [-0.1, -0.05) is 0 Å². The lowest BCUT2D eigenvalue weighted by molar-refractivity contribution is -0.141. The first-order chi connectivity index (χ1) is 12.3. The van der Waals surface area contributed by atoms with E-state index in [0.29, 0.717) is 12.2 Å². The molecule has 0 radical (unpaired) electrons. The molecule has 8 heteroatoms. The highest BCUT2D eigenvalue weighted by molar-refractivity contribution is 7.15. The van der Waals surface area contributed by atoms with Crippen LogP contribution in [0.1, 0.15) is 10.6 Å². The average molecular weight is 378 g/mol. The molecule has 26 heavy (non-hydrogen) atoms. The molecule has 2 heterocycles. The summed E-state index contributed by atoms with van der Waals surface area (Å²) in [5, 5.41) is 3.86. The number of benzene rings is 1. The van der Waals surface area contributed by atoms with E-state index >= 15 is 0 Å². The second-order valence-corrected chi connectivity index (χ2v) is 6.97. The highest BCUT2D eigenvalue weighted by Crippen LogP contribution is 2.30. The summed E-state index contributed by atoms with van der Waals surface area (Å²) in [6, 6.07) is 10.6. The van der Waals surface area contributed by atoms with Gasteiger partial charge in [0.1, 0.15) is 10.7 Å². The molecule has 0 aliphatic rings. The summed E-state index contributed by atoms with van der Waals surface area (Å²) in [5.41, 5.74) is 1.58. The fourth-order valence-electron chi connectivity index (χ4n) is 2.31. The molecule has 0 amide bonds. The van der Waals surface area contributed by atoms with Gasteiger partial charge in [0.25, 0.3) is 0 Å². The predicted octanol–water partition coefficient (Wildman–Crippen LogP) is 4.90. The summed E-state index contributed by atoms with van der Waals surface area (Å²) in [4.78, 5) is 10.7. The average Bonchev–Trinajstić information content (AvgIpc) is 3.08. The van der Waals surface area contributed by atoms with Gasteiger partial charge in [-0.2, -0.15) is 13.2 Å². The smallest absolute Gasteiger partial charge is 0.380 e. The normalized spacial score (nSPS) is 11.4. The van der Waals surface area contributed by atoms with E-state index in [2.05, 4.69) is 15.3 Å². The summed E-state index contributed by atoms with van der Waals surface area (Å²) < 4.78 is 38.1. The SMILES string of the molecule is CN(C)c1ccc(-c2ncc(CNc3ccnc(C(F)(F)F)c3)s2)cc1. The highest BCUT2D eigenvalue weighted by atomic mass is 32.1. The standard InChI is InChI=1S/C18H17F3N4S/c1-25(2)14-5-3-12(4-6-14)17-24-11-15(26-17)10-23-13-7-8-22-16(9-13)18(19,20)21/h3-9,11H,10H2,1-2H3,(H,22,23). The van der Waals surface area contributed by atoms with Gasteiger partial charge < -0.3 is 10.2 Å². The molecule has 4 nitrogen and oxygen atoms in total. The molecule has 0 saturated carbocycles. The fourth-order valence-corrected chi connectivity index (χ4v) is 3.17. The van der Waals surface area contributed by atoms with E-state index in [-0.39, 0.29) is 0 Å². The lowest BCUT2D eigenvalue weighted by Gasteiger charge is -2.12. The first kappa shape index (κ1) is 18.2. The van der Waals surface area contributed by atoms with Crippen LogP contribution in [0.2, 0.25) is 0 Å². The Labute approximate surface area is 153 Å². The molecule has 1 aromatic carbocycles. The molecule has 136 valence electrons. The number of hydrogen-bond donors (Lipinski definition) is 1. The van der Waals surface area contributed by atoms with Crippen molar-refractivity contribution in [2.45, 2.75) is 12.7 Å². The summed E-state index contributed by atoms with van der Waals surface area (Å²) in [7, 11) is 3.96. The zero-order chi connectivity index (χ0) is 18.7. The Kier molecular flexibility index (Phi) is 5.13. The molecule has 0 saturated heterocycles. The van der Waals surface area contributed by atoms with Gasteiger partial charge in [0.05, 0.1) is 6.54 Å². The van der Waals surface area contributed by atoms with Gasteiger partial charge in [-0.15, -0.1) is 11.3 Å². The van der Waals surface area contributed by atoms with Crippen LogP contribution in [0.3, 0.4) is 0 Å². The van der Waals surface area contributed by atoms with E-state index in [4.69, 9.17) is 0 Å². The van der Waals surface area contributed by atoms with Gasteiger partial charge in [-0.05, 0) is 36.4 Å². The quantitative estimate of drug-likeness (QED) is 0.685. The van der Waals surface area contributed by atoms with Crippen molar-refractivity contribution in [1.82, 2.24) is 9.97 Å². The number of hydrogen-bond acceptors (Lipinski definition) is 5. The molecule has 0 fully saturated rings. The lowest BCUT2D eigenvalue weighted by Crippen LogP contribution is -2.08. The highest BCUT2D eigenvalue weighted by Gasteiger charge is 2.32. The Bertz CT molecular complexity index is 873. The van der Waals surface area contributed by atoms with Crippen molar-refractivity contribution in [2.24, 2.45) is 0 Å². The van der Waals surface area contributed by atoms with Gasteiger partial charge in [0.15, 0.2) is 0 Å². The topological polar surface area (TPSA) is 41.1 Å². The third-order valence-corrected chi connectivity index (χ3v) is 4.75. The van der Waals surface area contributed by atoms with Crippen LogP contribution >= 0.6 is 11.3 Å². The molecule has 2 aromatic heterocycles. The van der Waals surface area contributed by atoms with Crippen LogP contribution in [0.25, 0.3) is 10.6 Å². The molecule has 0 aliphatic heterocycles. The molecule has 0 atom stereocenters. The van der Waals surface area contributed by atoms with Gasteiger partial charge >= 0.3 is 6.18 Å². The van der Waals surface area contributed by atoms with Crippen molar-refractivity contribution in [1.29, 1.82) is 0 Å². The van der Waals surface area contributed by atoms with Gasteiger partial charge in [0.2, 0.25) is 0 Å². The van der Waals surface area contributed by atoms with Crippen molar-refractivity contribution in [2.75, 3.05) is 24.3 Å². The third-order valence-electron chi connectivity index (χ3n) is 3.70. The lowest BCUT2D eigenvalue weighted by atomic mass is 10.2. The molecule has 0 aliphatic carbocycles. The summed E-state index contributed by atoms with van der Waals surface area (Å²) >= 11 is 1.50. The van der Waals surface area contributed by atoms with Crippen LogP contribution in [0.15, 0.2) is 48.8 Å². The van der Waals surface area contributed by atoms with Crippen LogP contribution in [0, 0.1) is 0 Å². The molecule has 0 bridgehead atoms. The van der Waals surface area contributed by atoms with Crippen LogP contribution in [0.5, 0.6) is 0 Å². The zero-order valence-corrected chi connectivity index (χ0v) is 15.0. The number of nitrogens with one attached hydrogen (secondary N) is 1. The van der Waals surface area contributed by atoms with Gasteiger partial charge in [0, 0.05) is 48.3 Å². The van der Waals surface area contributed by atoms with E-state index in [9.17, 15) is 13.2 Å². The fraction of sp³-hybridized carbons (Fsp3) is 0.222. The number of anilines is 2. The second-order valence-electron chi connectivity index (χ2n) is 5.85. The number of thiazole rings is 1. The number of alkyl halides is 3. The second kappa shape index (κ2) is 7.33. The zero-order valence-electron chi connectivity index (χ0n) is 14.2. The Morgan fingerprint density at radius 1 is 1.08 bits per heavy atom.